The first-order chi connectivity index (χ1) is 21.2. The number of fused-ring (bicyclic) bond motifs is 1. The third kappa shape index (κ3) is 6.27. The molecule has 4 amide bonds. The lowest BCUT2D eigenvalue weighted by molar-refractivity contribution is 0.0380. The monoisotopic (exact) mass is 613 g/mol. The molecule has 0 bridgehead atoms. The molecule has 230 valence electrons. The minimum Gasteiger partial charge on any atom is -0.378 e. The van der Waals surface area contributed by atoms with Gasteiger partial charge in [0.05, 0.1) is 16.6 Å². The molecule has 0 saturated carbocycles. The van der Waals surface area contributed by atoms with Gasteiger partial charge in [-0.25, -0.2) is 4.79 Å². The zero-order valence-electron chi connectivity index (χ0n) is 25.4. The van der Waals surface area contributed by atoms with E-state index in [1.165, 1.54) is 5.56 Å². The van der Waals surface area contributed by atoms with Gasteiger partial charge < -0.3 is 25.3 Å². The van der Waals surface area contributed by atoms with Crippen molar-refractivity contribution in [1.82, 2.24) is 15.1 Å². The van der Waals surface area contributed by atoms with Crippen LogP contribution in [0, 0.1) is 5.41 Å². The molecular formula is C35H40ClN5O3. The maximum atomic E-state index is 13.6. The molecule has 3 aromatic carbocycles. The quantitative estimate of drug-likeness (QED) is 0.350. The summed E-state index contributed by atoms with van der Waals surface area (Å²) in [4.78, 5) is 45.4. The number of hydrogen-bond acceptors (Lipinski definition) is 4. The van der Waals surface area contributed by atoms with Crippen LogP contribution in [0.2, 0.25) is 5.02 Å². The number of nitrogens with zero attached hydrogens (tertiary/aromatic N) is 3. The molecule has 1 spiro atoms. The summed E-state index contributed by atoms with van der Waals surface area (Å²) in [5.41, 5.74) is 5.38. The van der Waals surface area contributed by atoms with Gasteiger partial charge in [-0.15, -0.1) is 0 Å². The number of rotatable bonds is 5. The van der Waals surface area contributed by atoms with Crippen molar-refractivity contribution in [1.29, 1.82) is 0 Å². The number of carbonyl (C=O) groups excluding carboxylic acids is 3. The molecule has 2 N–H and O–H groups in total. The van der Waals surface area contributed by atoms with Crippen molar-refractivity contribution in [2.24, 2.45) is 5.41 Å². The van der Waals surface area contributed by atoms with E-state index < -0.39 is 0 Å². The van der Waals surface area contributed by atoms with Crippen LogP contribution in [0.5, 0.6) is 0 Å². The molecule has 3 aliphatic rings. The summed E-state index contributed by atoms with van der Waals surface area (Å²) < 4.78 is 0. The lowest BCUT2D eigenvalue weighted by atomic mass is 9.71. The predicted octanol–water partition coefficient (Wildman–Crippen LogP) is 6.37. The van der Waals surface area contributed by atoms with Crippen molar-refractivity contribution in [3.05, 3.63) is 94.0 Å². The third-order valence-corrected chi connectivity index (χ3v) is 10.1. The Morgan fingerprint density at radius 3 is 2.18 bits per heavy atom. The van der Waals surface area contributed by atoms with Gasteiger partial charge in [0.1, 0.15) is 0 Å². The van der Waals surface area contributed by atoms with E-state index in [2.05, 4.69) is 10.6 Å². The van der Waals surface area contributed by atoms with Gasteiger partial charge in [0.2, 0.25) is 0 Å². The van der Waals surface area contributed by atoms with Crippen LogP contribution >= 0.6 is 11.6 Å². The van der Waals surface area contributed by atoms with E-state index in [4.69, 9.17) is 11.6 Å². The molecule has 3 aromatic rings. The smallest absolute Gasteiger partial charge is 0.321 e. The fourth-order valence-electron chi connectivity index (χ4n) is 6.86. The lowest BCUT2D eigenvalue weighted by Gasteiger charge is -2.46. The molecule has 1 aliphatic carbocycles. The summed E-state index contributed by atoms with van der Waals surface area (Å²) in [6.45, 7) is 2.88. The Morgan fingerprint density at radius 1 is 0.864 bits per heavy atom. The third-order valence-electron chi connectivity index (χ3n) is 9.75. The van der Waals surface area contributed by atoms with Gasteiger partial charge in [0, 0.05) is 57.2 Å². The summed E-state index contributed by atoms with van der Waals surface area (Å²) in [6.07, 6.45) is 5.46. The van der Waals surface area contributed by atoms with Crippen LogP contribution in [0.15, 0.2) is 66.7 Å². The van der Waals surface area contributed by atoms with Gasteiger partial charge in [-0.05, 0) is 104 Å². The van der Waals surface area contributed by atoms with Gasteiger partial charge in [-0.2, -0.15) is 0 Å². The Bertz CT molecular complexity index is 1540. The van der Waals surface area contributed by atoms with Crippen molar-refractivity contribution < 1.29 is 14.4 Å². The molecule has 1 atom stereocenters. The Balaban J connectivity index is 1.02. The molecule has 2 fully saturated rings. The van der Waals surface area contributed by atoms with Crippen LogP contribution < -0.4 is 15.5 Å². The number of benzene rings is 3. The van der Waals surface area contributed by atoms with Gasteiger partial charge in [-0.3, -0.25) is 9.59 Å². The van der Waals surface area contributed by atoms with Crippen LogP contribution in [0.3, 0.4) is 0 Å². The number of urea groups is 1. The number of halogens is 1. The van der Waals surface area contributed by atoms with Crippen molar-refractivity contribution in [3.63, 3.8) is 0 Å². The molecule has 2 saturated heterocycles. The second kappa shape index (κ2) is 12.5. The minimum absolute atomic E-state index is 0.0443. The molecule has 2 aliphatic heterocycles. The summed E-state index contributed by atoms with van der Waals surface area (Å²) in [5, 5.41) is 6.59. The van der Waals surface area contributed by atoms with E-state index in [9.17, 15) is 14.4 Å². The molecule has 0 radical (unpaired) electrons. The van der Waals surface area contributed by atoms with Crippen LogP contribution in [-0.4, -0.2) is 67.9 Å². The van der Waals surface area contributed by atoms with E-state index in [1.54, 1.807) is 24.3 Å². The molecule has 9 heteroatoms. The number of anilines is 2. The Morgan fingerprint density at radius 2 is 1.52 bits per heavy atom. The van der Waals surface area contributed by atoms with Crippen LogP contribution in [0.4, 0.5) is 16.2 Å². The highest BCUT2D eigenvalue weighted by Gasteiger charge is 2.40. The summed E-state index contributed by atoms with van der Waals surface area (Å²) in [7, 11) is 3.99. The van der Waals surface area contributed by atoms with Crippen molar-refractivity contribution in [3.8, 4) is 0 Å². The Labute approximate surface area is 264 Å². The first-order valence-corrected chi connectivity index (χ1v) is 15.9. The van der Waals surface area contributed by atoms with E-state index in [-0.39, 0.29) is 29.3 Å². The first kappa shape index (κ1) is 30.0. The zero-order chi connectivity index (χ0) is 30.8. The molecule has 44 heavy (non-hydrogen) atoms. The largest absolute Gasteiger partial charge is 0.378 e. The van der Waals surface area contributed by atoms with Gasteiger partial charge >= 0.3 is 6.03 Å². The second-order valence-electron chi connectivity index (χ2n) is 12.6. The molecule has 8 nitrogen and oxygen atoms in total. The molecule has 6 rings (SSSR count). The normalized spacial score (nSPS) is 18.9. The van der Waals surface area contributed by atoms with Gasteiger partial charge in [0.25, 0.3) is 11.8 Å². The average molecular weight is 614 g/mol. The highest BCUT2D eigenvalue weighted by molar-refractivity contribution is 6.33. The van der Waals surface area contributed by atoms with Crippen molar-refractivity contribution in [2.45, 2.75) is 44.6 Å². The molecular weight excluding hydrogens is 574 g/mol. The highest BCUT2D eigenvalue weighted by Crippen LogP contribution is 2.42. The van der Waals surface area contributed by atoms with Crippen LogP contribution in [-0.2, 0) is 6.42 Å². The number of aryl methyl sites for hydroxylation is 1. The Kier molecular flexibility index (Phi) is 8.54. The van der Waals surface area contributed by atoms with Gasteiger partial charge in [0.15, 0.2) is 0 Å². The zero-order valence-corrected chi connectivity index (χ0v) is 26.2. The molecule has 1 unspecified atom stereocenters. The summed E-state index contributed by atoms with van der Waals surface area (Å²) in [5.74, 6) is -0.156. The number of hydrogen-bond donors (Lipinski definition) is 2. The van der Waals surface area contributed by atoms with Gasteiger partial charge in [-0.1, -0.05) is 29.8 Å². The lowest BCUT2D eigenvalue weighted by Crippen LogP contribution is -2.50. The van der Waals surface area contributed by atoms with Crippen LogP contribution in [0.25, 0.3) is 0 Å². The van der Waals surface area contributed by atoms with E-state index >= 15 is 0 Å². The highest BCUT2D eigenvalue weighted by atomic mass is 35.5. The number of likely N-dealkylation sites (tertiary alicyclic amines) is 2. The predicted molar refractivity (Wildman–Crippen MR) is 175 cm³/mol. The second-order valence-corrected chi connectivity index (χ2v) is 13.0. The molecule has 0 aromatic heterocycles. The maximum absolute atomic E-state index is 13.6. The fraction of sp³-hybridized carbons (Fsp3) is 0.400. The summed E-state index contributed by atoms with van der Waals surface area (Å²) in [6, 6.07) is 20.6. The number of carbonyl (C=O) groups is 3. The Hall–Kier alpha value is -4.04. The summed E-state index contributed by atoms with van der Waals surface area (Å²) >= 11 is 6.24. The SMILES string of the molecule is CN(C)c1ccc(NC(=O)N2CCC3(CC2)CCN(C(=O)c2ccc4c(c2)C(NC(=O)c2ccccc2Cl)CC4)CC3)cc1. The average Bonchev–Trinajstić information content (AvgIpc) is 3.43. The van der Waals surface area contributed by atoms with E-state index in [0.29, 0.717) is 29.2 Å². The van der Waals surface area contributed by atoms with Crippen molar-refractivity contribution in [2.75, 3.05) is 50.5 Å². The van der Waals surface area contributed by atoms with Crippen LogP contribution in [0.1, 0.15) is 70.0 Å². The number of nitrogens with one attached hydrogen (secondary N) is 2. The van der Waals surface area contributed by atoms with E-state index in [1.807, 2.05) is 71.3 Å². The first-order valence-electron chi connectivity index (χ1n) is 15.5. The van der Waals surface area contributed by atoms with E-state index in [0.717, 1.165) is 68.6 Å². The maximum Gasteiger partial charge on any atom is 0.321 e. The standard InChI is InChI=1S/C35H40ClN5O3/c1-39(2)27-12-10-26(11-13-27)37-34(44)41-21-17-35(18-22-41)15-19-40(20-16-35)33(43)25-8-7-24-9-14-31(29(24)23-25)38-32(42)28-5-3-4-6-30(28)36/h3-8,10-13,23,31H,9,14-22H2,1-2H3,(H,37,44)(H,38,42). The minimum atomic E-state index is -0.200. The fourth-order valence-corrected chi connectivity index (χ4v) is 7.08. The topological polar surface area (TPSA) is 85.0 Å². The molecule has 2 heterocycles. The number of amides is 4. The van der Waals surface area contributed by atoms with Crippen molar-refractivity contribution >= 4 is 40.8 Å². The number of piperidine rings is 2.